The molecule has 3 saturated heterocycles. The first-order valence-electron chi connectivity index (χ1n) is 7.33. The molecule has 0 aromatic carbocycles. The van der Waals surface area contributed by atoms with Crippen molar-refractivity contribution < 1.29 is 14.2 Å². The second-order valence-corrected chi connectivity index (χ2v) is 6.67. The Kier molecular flexibility index (Phi) is 3.60. The summed E-state index contributed by atoms with van der Waals surface area (Å²) >= 11 is 0. The molecule has 0 spiro atoms. The van der Waals surface area contributed by atoms with E-state index in [0.29, 0.717) is 0 Å². The van der Waals surface area contributed by atoms with Gasteiger partial charge in [0, 0.05) is 26.2 Å². The summed E-state index contributed by atoms with van der Waals surface area (Å²) in [4.78, 5) is 4.72. The van der Waals surface area contributed by atoms with Crippen LogP contribution in [0.3, 0.4) is 0 Å². The van der Waals surface area contributed by atoms with Gasteiger partial charge in [-0.25, -0.2) is 0 Å². The van der Waals surface area contributed by atoms with Crippen LogP contribution in [0, 0.1) is 0 Å². The summed E-state index contributed by atoms with van der Waals surface area (Å²) in [5.41, 5.74) is 0. The lowest BCUT2D eigenvalue weighted by Crippen LogP contribution is -2.43. The molecule has 3 aliphatic heterocycles. The molecular weight excluding hydrogens is 244 g/mol. The third-order valence-electron chi connectivity index (χ3n) is 4.28. The smallest absolute Gasteiger partial charge is 0.164 e. The molecule has 2 bridgehead atoms. The normalized spacial score (nSPS) is 41.5. The third kappa shape index (κ3) is 2.81. The van der Waals surface area contributed by atoms with Gasteiger partial charge in [0.2, 0.25) is 0 Å². The van der Waals surface area contributed by atoms with E-state index < -0.39 is 5.79 Å². The van der Waals surface area contributed by atoms with Crippen molar-refractivity contribution >= 4 is 0 Å². The average molecular weight is 270 g/mol. The summed E-state index contributed by atoms with van der Waals surface area (Å²) in [6, 6.07) is 0. The van der Waals surface area contributed by atoms with E-state index in [2.05, 4.69) is 23.9 Å². The molecule has 0 aromatic rings. The molecular formula is C14H26N2O3. The molecule has 3 fully saturated rings. The van der Waals surface area contributed by atoms with Crippen molar-refractivity contribution in [1.82, 2.24) is 9.80 Å². The molecule has 3 rings (SSSR count). The van der Waals surface area contributed by atoms with Crippen LogP contribution >= 0.6 is 0 Å². The van der Waals surface area contributed by atoms with Gasteiger partial charge >= 0.3 is 0 Å². The quantitative estimate of drug-likeness (QED) is 0.748. The van der Waals surface area contributed by atoms with Gasteiger partial charge < -0.3 is 19.1 Å². The van der Waals surface area contributed by atoms with Crippen LogP contribution in [0.5, 0.6) is 0 Å². The highest BCUT2D eigenvalue weighted by Crippen LogP contribution is 2.41. The summed E-state index contributed by atoms with van der Waals surface area (Å²) in [6.45, 7) is 8.25. The van der Waals surface area contributed by atoms with Crippen molar-refractivity contribution in [3.05, 3.63) is 0 Å². The predicted molar refractivity (Wildman–Crippen MR) is 72.1 cm³/mol. The van der Waals surface area contributed by atoms with Gasteiger partial charge in [0.15, 0.2) is 5.79 Å². The summed E-state index contributed by atoms with van der Waals surface area (Å²) in [6.07, 6.45) is 1.67. The fourth-order valence-electron chi connectivity index (χ4n) is 3.35. The molecule has 5 nitrogen and oxygen atoms in total. The molecule has 0 unspecified atom stereocenters. The predicted octanol–water partition coefficient (Wildman–Crippen LogP) is 0.541. The fraction of sp³-hybridized carbons (Fsp3) is 1.00. The van der Waals surface area contributed by atoms with E-state index >= 15 is 0 Å². The standard InChI is InChI=1S/C14H26N2O3/c1-14(2)18-12-10-5-6-16(8-7-15(3)4)9-11(17-10)13(12)19-14/h10-13H,5-9H2,1-4H3/t10-,11+,12-,13+/m0/s1. The molecule has 0 saturated carbocycles. The first kappa shape index (κ1) is 13.8. The SMILES string of the molecule is CN(C)CCN1CC[C@@H]2O[C@H](C1)[C@H]1OC(C)(C)O[C@H]12. The molecule has 5 heteroatoms. The maximum Gasteiger partial charge on any atom is 0.164 e. The minimum absolute atomic E-state index is 0.113. The summed E-state index contributed by atoms with van der Waals surface area (Å²) in [5, 5.41) is 0. The lowest BCUT2D eigenvalue weighted by atomic mass is 10.0. The molecule has 0 aliphatic carbocycles. The molecule has 0 amide bonds. The van der Waals surface area contributed by atoms with E-state index in [-0.39, 0.29) is 24.4 Å². The topological polar surface area (TPSA) is 34.2 Å². The van der Waals surface area contributed by atoms with Gasteiger partial charge in [0.1, 0.15) is 12.2 Å². The Morgan fingerprint density at radius 3 is 2.53 bits per heavy atom. The molecule has 19 heavy (non-hydrogen) atoms. The van der Waals surface area contributed by atoms with Gasteiger partial charge in [-0.05, 0) is 34.4 Å². The minimum Gasteiger partial charge on any atom is -0.368 e. The minimum atomic E-state index is -0.450. The van der Waals surface area contributed by atoms with Gasteiger partial charge in [-0.2, -0.15) is 0 Å². The van der Waals surface area contributed by atoms with E-state index in [1.807, 2.05) is 13.8 Å². The van der Waals surface area contributed by atoms with Crippen molar-refractivity contribution in [2.75, 3.05) is 40.3 Å². The monoisotopic (exact) mass is 270 g/mol. The number of likely N-dealkylation sites (tertiary alicyclic amines) is 1. The van der Waals surface area contributed by atoms with Crippen molar-refractivity contribution in [2.45, 2.75) is 50.5 Å². The highest BCUT2D eigenvalue weighted by Gasteiger charge is 2.55. The van der Waals surface area contributed by atoms with E-state index in [9.17, 15) is 0 Å². The average Bonchev–Trinajstić information content (AvgIpc) is 2.68. The zero-order valence-corrected chi connectivity index (χ0v) is 12.5. The zero-order chi connectivity index (χ0) is 13.6. The summed E-state index contributed by atoms with van der Waals surface area (Å²) < 4.78 is 18.1. The largest absolute Gasteiger partial charge is 0.368 e. The van der Waals surface area contributed by atoms with Crippen LogP contribution in [0.25, 0.3) is 0 Å². The van der Waals surface area contributed by atoms with Gasteiger partial charge in [-0.15, -0.1) is 0 Å². The van der Waals surface area contributed by atoms with Crippen LogP contribution in [0.1, 0.15) is 20.3 Å². The van der Waals surface area contributed by atoms with Crippen LogP contribution < -0.4 is 0 Å². The Morgan fingerprint density at radius 2 is 1.84 bits per heavy atom. The number of hydrogen-bond acceptors (Lipinski definition) is 5. The van der Waals surface area contributed by atoms with Crippen LogP contribution in [-0.4, -0.2) is 80.3 Å². The molecule has 3 heterocycles. The fourth-order valence-corrected chi connectivity index (χ4v) is 3.35. The van der Waals surface area contributed by atoms with Crippen molar-refractivity contribution in [3.63, 3.8) is 0 Å². The summed E-state index contributed by atoms with van der Waals surface area (Å²) in [7, 11) is 4.24. The number of rotatable bonds is 3. The van der Waals surface area contributed by atoms with Crippen LogP contribution in [0.15, 0.2) is 0 Å². The lowest BCUT2D eigenvalue weighted by Gasteiger charge is -2.27. The Labute approximate surface area is 115 Å². The molecule has 110 valence electrons. The Hall–Kier alpha value is -0.200. The highest BCUT2D eigenvalue weighted by molar-refractivity contribution is 5.01. The van der Waals surface area contributed by atoms with Gasteiger partial charge in [0.25, 0.3) is 0 Å². The Balaban J connectivity index is 1.63. The number of ether oxygens (including phenoxy) is 3. The van der Waals surface area contributed by atoms with E-state index in [1.54, 1.807) is 0 Å². The first-order valence-corrected chi connectivity index (χ1v) is 7.33. The van der Waals surface area contributed by atoms with E-state index in [4.69, 9.17) is 14.2 Å². The van der Waals surface area contributed by atoms with Crippen molar-refractivity contribution in [1.29, 1.82) is 0 Å². The molecule has 4 atom stereocenters. The maximum absolute atomic E-state index is 6.11. The number of hydrogen-bond donors (Lipinski definition) is 0. The van der Waals surface area contributed by atoms with Crippen LogP contribution in [-0.2, 0) is 14.2 Å². The lowest BCUT2D eigenvalue weighted by molar-refractivity contribution is -0.185. The highest BCUT2D eigenvalue weighted by atomic mass is 16.8. The zero-order valence-electron chi connectivity index (χ0n) is 12.5. The van der Waals surface area contributed by atoms with Crippen LogP contribution in [0.2, 0.25) is 0 Å². The maximum atomic E-state index is 6.11. The molecule has 0 N–H and O–H groups in total. The number of likely N-dealkylation sites (N-methyl/N-ethyl adjacent to an activating group) is 1. The van der Waals surface area contributed by atoms with Crippen LogP contribution in [0.4, 0.5) is 0 Å². The second kappa shape index (κ2) is 4.97. The number of nitrogens with zero attached hydrogens (tertiary/aromatic N) is 2. The van der Waals surface area contributed by atoms with Crippen molar-refractivity contribution in [2.24, 2.45) is 0 Å². The van der Waals surface area contributed by atoms with Gasteiger partial charge in [0.05, 0.1) is 12.2 Å². The molecule has 0 radical (unpaired) electrons. The molecule has 0 aromatic heterocycles. The number of fused-ring (bicyclic) bond motifs is 5. The van der Waals surface area contributed by atoms with E-state index in [1.165, 1.54) is 0 Å². The molecule has 3 aliphatic rings. The van der Waals surface area contributed by atoms with Crippen molar-refractivity contribution in [3.8, 4) is 0 Å². The first-order chi connectivity index (χ1) is 8.94. The van der Waals surface area contributed by atoms with E-state index in [0.717, 1.165) is 32.6 Å². The third-order valence-corrected chi connectivity index (χ3v) is 4.28. The second-order valence-electron chi connectivity index (χ2n) is 6.67. The Morgan fingerprint density at radius 1 is 1.16 bits per heavy atom. The van der Waals surface area contributed by atoms with Gasteiger partial charge in [-0.1, -0.05) is 0 Å². The van der Waals surface area contributed by atoms with Gasteiger partial charge in [-0.3, -0.25) is 4.90 Å². The summed E-state index contributed by atoms with van der Waals surface area (Å²) in [5.74, 6) is -0.450. The Bertz CT molecular complexity index is 335.